The number of halogens is 1. The van der Waals surface area contributed by atoms with E-state index in [1.807, 2.05) is 6.07 Å². The maximum Gasteiger partial charge on any atom is 0.261 e. The largest absolute Gasteiger partial charge is 0.391 e. The Balaban J connectivity index is 1.80. The van der Waals surface area contributed by atoms with Crippen LogP contribution in [0.4, 0.5) is 4.39 Å². The van der Waals surface area contributed by atoms with Crippen molar-refractivity contribution in [3.05, 3.63) is 34.5 Å². The minimum Gasteiger partial charge on any atom is -0.391 e. The average molecular weight is 293 g/mol. The van der Waals surface area contributed by atoms with Gasteiger partial charge in [-0.25, -0.2) is 4.39 Å². The summed E-state index contributed by atoms with van der Waals surface area (Å²) < 4.78 is 14.6. The Morgan fingerprint density at radius 3 is 2.95 bits per heavy atom. The summed E-state index contributed by atoms with van der Waals surface area (Å²) in [6.45, 7) is 2.02. The fraction of sp³-hybridized carbons (Fsp3) is 0.400. The molecule has 3 nitrogen and oxygen atoms in total. The van der Waals surface area contributed by atoms with E-state index in [4.69, 9.17) is 0 Å². The van der Waals surface area contributed by atoms with Gasteiger partial charge in [0.05, 0.1) is 11.0 Å². The van der Waals surface area contributed by atoms with Gasteiger partial charge in [0, 0.05) is 16.6 Å². The molecule has 106 valence electrons. The molecule has 2 N–H and O–H groups in total. The van der Waals surface area contributed by atoms with Crippen LogP contribution in [0.15, 0.2) is 18.2 Å². The Kier molecular flexibility index (Phi) is 3.48. The lowest BCUT2D eigenvalue weighted by Crippen LogP contribution is -2.33. The van der Waals surface area contributed by atoms with Crippen molar-refractivity contribution >= 4 is 27.3 Å². The summed E-state index contributed by atoms with van der Waals surface area (Å²) in [4.78, 5) is 12.7. The van der Waals surface area contributed by atoms with E-state index in [0.717, 1.165) is 17.5 Å². The van der Waals surface area contributed by atoms with Gasteiger partial charge in [0.15, 0.2) is 0 Å². The van der Waals surface area contributed by atoms with E-state index in [0.29, 0.717) is 21.7 Å². The van der Waals surface area contributed by atoms with Crippen LogP contribution in [0.1, 0.15) is 28.1 Å². The molecule has 1 aliphatic carbocycles. The van der Waals surface area contributed by atoms with E-state index in [1.165, 1.54) is 17.4 Å². The first-order valence-corrected chi connectivity index (χ1v) is 7.53. The van der Waals surface area contributed by atoms with Crippen LogP contribution in [0.25, 0.3) is 10.1 Å². The lowest BCUT2D eigenvalue weighted by molar-refractivity contribution is 0.0904. The molecule has 2 aromatic rings. The molecule has 20 heavy (non-hydrogen) atoms. The third-order valence-electron chi connectivity index (χ3n) is 3.75. The van der Waals surface area contributed by atoms with E-state index in [9.17, 15) is 14.3 Å². The number of aryl methyl sites for hydroxylation is 1. The monoisotopic (exact) mass is 293 g/mol. The summed E-state index contributed by atoms with van der Waals surface area (Å²) in [7, 11) is 0. The van der Waals surface area contributed by atoms with Crippen LogP contribution in [-0.2, 0) is 0 Å². The Morgan fingerprint density at radius 2 is 2.30 bits per heavy atom. The van der Waals surface area contributed by atoms with Gasteiger partial charge in [0.25, 0.3) is 5.91 Å². The Bertz CT molecular complexity index is 663. The van der Waals surface area contributed by atoms with E-state index in [1.54, 1.807) is 13.0 Å². The van der Waals surface area contributed by atoms with Gasteiger partial charge in [-0.1, -0.05) is 6.07 Å². The second-order valence-electron chi connectivity index (χ2n) is 5.28. The van der Waals surface area contributed by atoms with Crippen molar-refractivity contribution in [2.75, 3.05) is 6.54 Å². The second kappa shape index (κ2) is 5.14. The smallest absolute Gasteiger partial charge is 0.261 e. The van der Waals surface area contributed by atoms with Gasteiger partial charge in [-0.15, -0.1) is 11.3 Å². The standard InChI is InChI=1S/C15H16FNO2S/c1-8-13-10(16)3-2-4-12(13)20-14(8)15(19)17-7-11(18)9-5-6-9/h2-4,9,11,18H,5-7H2,1H3,(H,17,19). The SMILES string of the molecule is Cc1c(C(=O)NCC(O)C2CC2)sc2cccc(F)c12. The lowest BCUT2D eigenvalue weighted by atomic mass is 10.1. The molecule has 1 amide bonds. The first-order valence-electron chi connectivity index (χ1n) is 6.72. The van der Waals surface area contributed by atoms with E-state index >= 15 is 0 Å². The van der Waals surface area contributed by atoms with E-state index in [-0.39, 0.29) is 18.3 Å². The van der Waals surface area contributed by atoms with Crippen LogP contribution in [0.3, 0.4) is 0 Å². The van der Waals surface area contributed by atoms with Gasteiger partial charge < -0.3 is 10.4 Å². The number of aliphatic hydroxyl groups excluding tert-OH is 1. The molecular weight excluding hydrogens is 277 g/mol. The van der Waals surface area contributed by atoms with Gasteiger partial charge in [-0.3, -0.25) is 4.79 Å². The molecule has 3 rings (SSSR count). The third kappa shape index (κ3) is 2.43. The van der Waals surface area contributed by atoms with Crippen molar-refractivity contribution in [2.24, 2.45) is 5.92 Å². The number of nitrogens with one attached hydrogen (secondary N) is 1. The van der Waals surface area contributed by atoms with Crippen molar-refractivity contribution in [2.45, 2.75) is 25.9 Å². The summed E-state index contributed by atoms with van der Waals surface area (Å²) in [6.07, 6.45) is 1.60. The van der Waals surface area contributed by atoms with Crippen LogP contribution in [0, 0.1) is 18.7 Å². The number of amides is 1. The number of rotatable bonds is 4. The number of carbonyl (C=O) groups is 1. The zero-order chi connectivity index (χ0) is 14.3. The normalized spacial score (nSPS) is 16.4. The topological polar surface area (TPSA) is 49.3 Å². The summed E-state index contributed by atoms with van der Waals surface area (Å²) in [6, 6.07) is 4.86. The van der Waals surface area contributed by atoms with Crippen LogP contribution < -0.4 is 5.32 Å². The van der Waals surface area contributed by atoms with E-state index < -0.39 is 6.10 Å². The molecule has 1 atom stereocenters. The van der Waals surface area contributed by atoms with Crippen molar-refractivity contribution in [1.82, 2.24) is 5.32 Å². The van der Waals surface area contributed by atoms with Crippen LogP contribution in [-0.4, -0.2) is 23.7 Å². The highest BCUT2D eigenvalue weighted by Crippen LogP contribution is 2.33. The Hall–Kier alpha value is -1.46. The highest BCUT2D eigenvalue weighted by atomic mass is 32.1. The van der Waals surface area contributed by atoms with Crippen molar-refractivity contribution < 1.29 is 14.3 Å². The molecule has 5 heteroatoms. The van der Waals surface area contributed by atoms with Gasteiger partial charge in [0.2, 0.25) is 0 Å². The predicted molar refractivity (Wildman–Crippen MR) is 77.6 cm³/mol. The second-order valence-corrected chi connectivity index (χ2v) is 6.34. The number of fused-ring (bicyclic) bond motifs is 1. The zero-order valence-electron chi connectivity index (χ0n) is 11.1. The summed E-state index contributed by atoms with van der Waals surface area (Å²) in [5, 5.41) is 13.0. The number of benzene rings is 1. The van der Waals surface area contributed by atoms with Gasteiger partial charge in [-0.2, -0.15) is 0 Å². The predicted octanol–water partition coefficient (Wildman–Crippen LogP) is 2.85. The molecule has 1 saturated carbocycles. The van der Waals surface area contributed by atoms with Gasteiger partial charge in [0.1, 0.15) is 5.82 Å². The summed E-state index contributed by atoms with van der Waals surface area (Å²) in [5.74, 6) is -0.202. The third-order valence-corrected chi connectivity index (χ3v) is 5.00. The molecule has 0 bridgehead atoms. The number of thiophene rings is 1. The Labute approximate surface area is 120 Å². The van der Waals surface area contributed by atoms with Crippen molar-refractivity contribution in [3.8, 4) is 0 Å². The molecule has 1 aromatic carbocycles. The van der Waals surface area contributed by atoms with Crippen LogP contribution in [0.5, 0.6) is 0 Å². The average Bonchev–Trinajstić information content (AvgIpc) is 3.21. The minimum atomic E-state index is -0.467. The summed E-state index contributed by atoms with van der Waals surface area (Å²) in [5.41, 5.74) is 0.668. The molecule has 1 aromatic heterocycles. The highest BCUT2D eigenvalue weighted by Gasteiger charge is 2.30. The molecule has 0 saturated heterocycles. The molecule has 0 radical (unpaired) electrons. The van der Waals surface area contributed by atoms with Crippen molar-refractivity contribution in [3.63, 3.8) is 0 Å². The molecular formula is C15H16FNO2S. The number of aliphatic hydroxyl groups is 1. The Morgan fingerprint density at radius 1 is 1.55 bits per heavy atom. The number of hydrogen-bond donors (Lipinski definition) is 2. The van der Waals surface area contributed by atoms with Gasteiger partial charge >= 0.3 is 0 Å². The molecule has 1 fully saturated rings. The molecule has 0 spiro atoms. The zero-order valence-corrected chi connectivity index (χ0v) is 12.0. The van der Waals surface area contributed by atoms with Crippen LogP contribution >= 0.6 is 11.3 Å². The quantitative estimate of drug-likeness (QED) is 0.910. The minimum absolute atomic E-state index is 0.234. The first kappa shape index (κ1) is 13.5. The fourth-order valence-electron chi connectivity index (χ4n) is 2.40. The van der Waals surface area contributed by atoms with Gasteiger partial charge in [-0.05, 0) is 43.4 Å². The number of carbonyl (C=O) groups excluding carboxylic acids is 1. The molecule has 1 heterocycles. The molecule has 1 unspecified atom stereocenters. The highest BCUT2D eigenvalue weighted by molar-refractivity contribution is 7.21. The molecule has 0 aliphatic heterocycles. The first-order chi connectivity index (χ1) is 9.58. The maximum absolute atomic E-state index is 13.8. The fourth-order valence-corrected chi connectivity index (χ4v) is 3.53. The van der Waals surface area contributed by atoms with E-state index in [2.05, 4.69) is 5.32 Å². The number of hydrogen-bond acceptors (Lipinski definition) is 3. The summed E-state index contributed by atoms with van der Waals surface area (Å²) >= 11 is 1.29. The molecule has 1 aliphatic rings. The van der Waals surface area contributed by atoms with Crippen molar-refractivity contribution in [1.29, 1.82) is 0 Å². The lowest BCUT2D eigenvalue weighted by Gasteiger charge is -2.10. The van der Waals surface area contributed by atoms with Crippen LogP contribution in [0.2, 0.25) is 0 Å². The maximum atomic E-state index is 13.8.